The first-order valence-corrected chi connectivity index (χ1v) is 18.7. The lowest BCUT2D eigenvalue weighted by Crippen LogP contribution is -1.96. The van der Waals surface area contributed by atoms with Gasteiger partial charge in [-0.1, -0.05) is 146 Å². The lowest BCUT2D eigenvalue weighted by molar-refractivity contribution is 1.18. The normalized spacial score (nSPS) is 11.4. The molecule has 0 fully saturated rings. The highest BCUT2D eigenvalue weighted by Crippen LogP contribution is 2.39. The minimum atomic E-state index is 0.707. The van der Waals surface area contributed by atoms with Crippen molar-refractivity contribution in [3.05, 3.63) is 194 Å². The van der Waals surface area contributed by atoms with Crippen LogP contribution >= 0.6 is 11.3 Å². The van der Waals surface area contributed by atoms with Crippen LogP contribution in [-0.2, 0) is 0 Å². The second-order valence-electron chi connectivity index (χ2n) is 13.4. The molecule has 248 valence electrons. The van der Waals surface area contributed by atoms with Crippen LogP contribution in [0.3, 0.4) is 0 Å². The average molecular weight is 693 g/mol. The minimum Gasteiger partial charge on any atom is -0.228 e. The molecule has 2 aromatic heterocycles. The van der Waals surface area contributed by atoms with Gasteiger partial charge < -0.3 is 0 Å². The zero-order valence-electron chi connectivity index (χ0n) is 28.8. The van der Waals surface area contributed by atoms with E-state index in [0.717, 1.165) is 44.8 Å². The largest absolute Gasteiger partial charge is 0.228 e. The molecule has 0 aliphatic carbocycles. The van der Waals surface area contributed by atoms with E-state index in [1.165, 1.54) is 47.6 Å². The van der Waals surface area contributed by atoms with Crippen LogP contribution in [0.15, 0.2) is 194 Å². The van der Waals surface area contributed by atoms with Crippen molar-refractivity contribution in [3.63, 3.8) is 0 Å². The molecule has 10 aromatic rings. The van der Waals surface area contributed by atoms with Crippen molar-refractivity contribution in [2.45, 2.75) is 0 Å². The Morgan fingerprint density at radius 1 is 0.283 bits per heavy atom. The fraction of sp³-hybridized carbons (Fsp3) is 0. The highest BCUT2D eigenvalue weighted by atomic mass is 32.1. The molecule has 0 saturated carbocycles. The number of hydrogen-bond donors (Lipinski definition) is 0. The summed E-state index contributed by atoms with van der Waals surface area (Å²) in [5.74, 6) is 0.707. The van der Waals surface area contributed by atoms with E-state index in [1.807, 2.05) is 35.6 Å². The SMILES string of the molecule is c1ccc(-c2cc(-c3cc(-c4cccc(-c5ccc6ccccc6c5)c4)cc(-c4ccc5c(c4)sc4ccccc45)c3)nc(-c3ccccc3)n2)cc1. The molecule has 0 radical (unpaired) electrons. The van der Waals surface area contributed by atoms with Crippen molar-refractivity contribution < 1.29 is 0 Å². The third kappa shape index (κ3) is 5.97. The fourth-order valence-electron chi connectivity index (χ4n) is 7.33. The third-order valence-corrected chi connectivity index (χ3v) is 11.2. The summed E-state index contributed by atoms with van der Waals surface area (Å²) in [6.07, 6.45) is 0. The number of aromatic nitrogens is 2. The Morgan fingerprint density at radius 2 is 0.811 bits per heavy atom. The van der Waals surface area contributed by atoms with E-state index in [0.29, 0.717) is 5.82 Å². The first-order chi connectivity index (χ1) is 26.2. The fourth-order valence-corrected chi connectivity index (χ4v) is 8.48. The van der Waals surface area contributed by atoms with Crippen LogP contribution < -0.4 is 0 Å². The second-order valence-corrected chi connectivity index (χ2v) is 14.5. The van der Waals surface area contributed by atoms with E-state index in [4.69, 9.17) is 9.97 Å². The quantitative estimate of drug-likeness (QED) is 0.173. The van der Waals surface area contributed by atoms with E-state index in [-0.39, 0.29) is 0 Å². The van der Waals surface area contributed by atoms with Gasteiger partial charge in [-0.15, -0.1) is 11.3 Å². The van der Waals surface area contributed by atoms with Crippen molar-refractivity contribution in [2.75, 3.05) is 0 Å². The molecule has 10 rings (SSSR count). The smallest absolute Gasteiger partial charge is 0.160 e. The molecule has 0 amide bonds. The molecule has 0 aliphatic rings. The molecule has 3 heteroatoms. The zero-order chi connectivity index (χ0) is 35.1. The summed E-state index contributed by atoms with van der Waals surface area (Å²) in [6, 6.07) is 69.4. The van der Waals surface area contributed by atoms with Crippen LogP contribution in [0.25, 0.3) is 98.2 Å². The molecule has 0 N–H and O–H groups in total. The maximum atomic E-state index is 5.23. The predicted octanol–water partition coefficient (Wildman–Crippen LogP) is 14.0. The molecular formula is C50H32N2S. The maximum Gasteiger partial charge on any atom is 0.160 e. The molecule has 0 atom stereocenters. The van der Waals surface area contributed by atoms with Gasteiger partial charge in [0.1, 0.15) is 0 Å². The minimum absolute atomic E-state index is 0.707. The van der Waals surface area contributed by atoms with Gasteiger partial charge in [-0.05, 0) is 92.7 Å². The molecule has 0 spiro atoms. The molecular weight excluding hydrogens is 661 g/mol. The van der Waals surface area contributed by atoms with Gasteiger partial charge in [-0.3, -0.25) is 0 Å². The lowest BCUT2D eigenvalue weighted by atomic mass is 9.92. The van der Waals surface area contributed by atoms with E-state index < -0.39 is 0 Å². The summed E-state index contributed by atoms with van der Waals surface area (Å²) in [4.78, 5) is 10.3. The highest BCUT2D eigenvalue weighted by molar-refractivity contribution is 7.25. The molecule has 53 heavy (non-hydrogen) atoms. The van der Waals surface area contributed by atoms with Gasteiger partial charge >= 0.3 is 0 Å². The number of benzene rings is 8. The van der Waals surface area contributed by atoms with Crippen molar-refractivity contribution in [1.82, 2.24) is 9.97 Å². The first-order valence-electron chi connectivity index (χ1n) is 17.9. The number of fused-ring (bicyclic) bond motifs is 4. The van der Waals surface area contributed by atoms with Crippen LogP contribution in [-0.4, -0.2) is 9.97 Å². The summed E-state index contributed by atoms with van der Waals surface area (Å²) < 4.78 is 2.59. The highest BCUT2D eigenvalue weighted by Gasteiger charge is 2.15. The van der Waals surface area contributed by atoms with Crippen LogP contribution in [0, 0.1) is 0 Å². The summed E-state index contributed by atoms with van der Waals surface area (Å²) in [7, 11) is 0. The average Bonchev–Trinajstić information content (AvgIpc) is 3.62. The van der Waals surface area contributed by atoms with Gasteiger partial charge in [-0.25, -0.2) is 9.97 Å². The van der Waals surface area contributed by atoms with Gasteiger partial charge in [0.2, 0.25) is 0 Å². The van der Waals surface area contributed by atoms with E-state index >= 15 is 0 Å². The number of rotatable bonds is 6. The van der Waals surface area contributed by atoms with Gasteiger partial charge in [0, 0.05) is 36.9 Å². The Morgan fingerprint density at radius 3 is 1.60 bits per heavy atom. The molecule has 0 aliphatic heterocycles. The lowest BCUT2D eigenvalue weighted by Gasteiger charge is -2.14. The maximum absolute atomic E-state index is 5.23. The zero-order valence-corrected chi connectivity index (χ0v) is 29.6. The molecule has 0 saturated heterocycles. The number of nitrogens with zero attached hydrogens (tertiary/aromatic N) is 2. The Balaban J connectivity index is 1.17. The van der Waals surface area contributed by atoms with Gasteiger partial charge in [-0.2, -0.15) is 0 Å². The summed E-state index contributed by atoms with van der Waals surface area (Å²) in [5, 5.41) is 5.09. The molecule has 8 aromatic carbocycles. The Labute approximate surface area is 312 Å². The van der Waals surface area contributed by atoms with Crippen LogP contribution in [0.1, 0.15) is 0 Å². The third-order valence-electron chi connectivity index (χ3n) is 10.0. The number of hydrogen-bond acceptors (Lipinski definition) is 3. The Hall–Kier alpha value is -6.68. The van der Waals surface area contributed by atoms with E-state index in [2.05, 4.69) is 170 Å². The molecule has 0 bridgehead atoms. The van der Waals surface area contributed by atoms with Crippen molar-refractivity contribution in [3.8, 4) is 67.3 Å². The first kappa shape index (κ1) is 31.1. The standard InChI is InChI=1S/C50H32N2S/c1-3-13-34(14-4-1)46-32-47(52-50(51-46)35-15-5-2-6-16-35)43-29-41(38-19-11-18-37(27-38)39-23-22-33-12-7-8-17-36(33)26-39)28-42(30-43)40-24-25-45-44-20-9-10-21-48(44)53-49(45)31-40/h1-32H. The van der Waals surface area contributed by atoms with Crippen molar-refractivity contribution in [1.29, 1.82) is 0 Å². The van der Waals surface area contributed by atoms with Gasteiger partial charge in [0.15, 0.2) is 5.82 Å². The van der Waals surface area contributed by atoms with Gasteiger partial charge in [0.05, 0.1) is 11.4 Å². The summed E-state index contributed by atoms with van der Waals surface area (Å²) in [6.45, 7) is 0. The van der Waals surface area contributed by atoms with Crippen LogP contribution in [0.2, 0.25) is 0 Å². The monoisotopic (exact) mass is 692 g/mol. The number of thiophene rings is 1. The van der Waals surface area contributed by atoms with E-state index in [1.54, 1.807) is 0 Å². The molecule has 0 unspecified atom stereocenters. The molecule has 2 heterocycles. The Bertz CT molecular complexity index is 2890. The van der Waals surface area contributed by atoms with Crippen molar-refractivity contribution >= 4 is 42.3 Å². The molecule has 2 nitrogen and oxygen atoms in total. The van der Waals surface area contributed by atoms with Crippen LogP contribution in [0.5, 0.6) is 0 Å². The van der Waals surface area contributed by atoms with Gasteiger partial charge in [0.25, 0.3) is 0 Å². The van der Waals surface area contributed by atoms with E-state index in [9.17, 15) is 0 Å². The van der Waals surface area contributed by atoms with Crippen molar-refractivity contribution in [2.24, 2.45) is 0 Å². The van der Waals surface area contributed by atoms with Crippen LogP contribution in [0.4, 0.5) is 0 Å². The summed E-state index contributed by atoms with van der Waals surface area (Å²) >= 11 is 1.85. The predicted molar refractivity (Wildman–Crippen MR) is 225 cm³/mol. The summed E-state index contributed by atoms with van der Waals surface area (Å²) in [5.41, 5.74) is 11.9. The topological polar surface area (TPSA) is 25.8 Å². The second kappa shape index (κ2) is 13.1. The Kier molecular flexibility index (Phi) is 7.71.